The van der Waals surface area contributed by atoms with Crippen LogP contribution in [0.3, 0.4) is 0 Å². The van der Waals surface area contributed by atoms with Gasteiger partial charge in [-0.2, -0.15) is 10.1 Å². The van der Waals surface area contributed by atoms with Crippen LogP contribution >= 0.6 is 0 Å². The van der Waals surface area contributed by atoms with Crippen molar-refractivity contribution in [1.29, 1.82) is 0 Å². The van der Waals surface area contributed by atoms with Crippen LogP contribution in [0.25, 0.3) is 0 Å². The number of hydrogen-bond acceptors (Lipinski definition) is 8. The first-order valence-corrected chi connectivity index (χ1v) is 11.7. The van der Waals surface area contributed by atoms with Crippen molar-refractivity contribution in [2.45, 2.75) is 24.8 Å². The molecule has 0 radical (unpaired) electrons. The van der Waals surface area contributed by atoms with E-state index >= 15 is 0 Å². The van der Waals surface area contributed by atoms with Crippen LogP contribution in [0.1, 0.15) is 30.2 Å². The monoisotopic (exact) mass is 470 g/mol. The van der Waals surface area contributed by atoms with Gasteiger partial charge in [-0.3, -0.25) is 9.48 Å². The Kier molecular flexibility index (Phi) is 5.58. The van der Waals surface area contributed by atoms with E-state index in [4.69, 9.17) is 0 Å². The number of rotatable bonds is 5. The molecule has 3 aromatic rings. The number of carbonyl (C=O) groups is 1. The molecule has 33 heavy (non-hydrogen) atoms. The zero-order chi connectivity index (χ0) is 24.1. The molecule has 0 spiro atoms. The van der Waals surface area contributed by atoms with Gasteiger partial charge in [-0.15, -0.1) is 0 Å². The first kappa shape index (κ1) is 22.7. The van der Waals surface area contributed by atoms with E-state index in [9.17, 15) is 13.2 Å². The number of sulfonamides is 1. The predicted molar refractivity (Wildman–Crippen MR) is 126 cm³/mol. The van der Waals surface area contributed by atoms with Crippen molar-refractivity contribution < 1.29 is 13.2 Å². The van der Waals surface area contributed by atoms with E-state index in [1.807, 2.05) is 24.7 Å². The Balaban J connectivity index is 1.79. The molecule has 1 aliphatic rings. The van der Waals surface area contributed by atoms with Gasteiger partial charge in [0.2, 0.25) is 16.0 Å². The van der Waals surface area contributed by atoms with Crippen molar-refractivity contribution in [3.8, 4) is 0 Å². The molecule has 0 saturated carbocycles. The zero-order valence-corrected chi connectivity index (χ0v) is 20.1. The van der Waals surface area contributed by atoms with Gasteiger partial charge in [-0.1, -0.05) is 0 Å². The summed E-state index contributed by atoms with van der Waals surface area (Å²) in [4.78, 5) is 25.4. The van der Waals surface area contributed by atoms with Crippen molar-refractivity contribution in [3.63, 3.8) is 0 Å². The number of hydrogen-bond donors (Lipinski definition) is 1. The van der Waals surface area contributed by atoms with Crippen molar-refractivity contribution in [1.82, 2.24) is 24.1 Å². The minimum atomic E-state index is -3.68. The van der Waals surface area contributed by atoms with E-state index in [2.05, 4.69) is 20.4 Å². The average Bonchev–Trinajstić information content (AvgIpc) is 3.23. The van der Waals surface area contributed by atoms with Gasteiger partial charge in [0.1, 0.15) is 5.69 Å². The Labute approximate surface area is 192 Å². The summed E-state index contributed by atoms with van der Waals surface area (Å²) >= 11 is 0. The lowest BCUT2D eigenvalue weighted by Gasteiger charge is -2.22. The average molecular weight is 471 g/mol. The maximum Gasteiger partial charge on any atom is 0.260 e. The van der Waals surface area contributed by atoms with Gasteiger partial charge in [0.05, 0.1) is 34.2 Å². The second-order valence-electron chi connectivity index (χ2n) is 8.22. The van der Waals surface area contributed by atoms with Gasteiger partial charge in [0.25, 0.3) is 5.91 Å². The van der Waals surface area contributed by atoms with E-state index < -0.39 is 10.0 Å². The molecule has 2 aromatic heterocycles. The second kappa shape index (κ2) is 8.12. The number of nitrogens with one attached hydrogen (secondary N) is 1. The number of fused-ring (bicyclic) bond motifs is 2. The molecule has 1 amide bonds. The van der Waals surface area contributed by atoms with Gasteiger partial charge in [0.15, 0.2) is 5.82 Å². The third-order valence-corrected chi connectivity index (χ3v) is 7.27. The minimum absolute atomic E-state index is 0.0884. The fourth-order valence-corrected chi connectivity index (χ4v) is 4.39. The van der Waals surface area contributed by atoms with Crippen LogP contribution in [0, 0.1) is 0 Å². The molecule has 0 saturated heterocycles. The molecule has 12 heteroatoms. The third-order valence-electron chi connectivity index (χ3n) is 5.46. The number of nitrogens with zero attached hydrogens (tertiary/aromatic N) is 7. The molecule has 0 unspecified atom stereocenters. The van der Waals surface area contributed by atoms with Crippen LogP contribution in [0.2, 0.25) is 0 Å². The van der Waals surface area contributed by atoms with Crippen LogP contribution in [0.15, 0.2) is 41.7 Å². The highest BCUT2D eigenvalue weighted by atomic mass is 32.2. The Morgan fingerprint density at radius 1 is 1.06 bits per heavy atom. The molecule has 0 atom stereocenters. The SMILES string of the molecule is CC(C)n1cc(Nc2ncc3c(n2)N(C)c2cc(S(=O)(=O)N(C)C)ccc2C(=O)N3C)cn1. The standard InChI is InChI=1S/C21H26N8O3S/c1-13(2)29-12-14(10-23-29)24-21-22-11-18-19(25-21)27(5)17-9-15(33(31,32)26(3)4)7-8-16(17)20(30)28(18)6/h7-13H,1-6H3,(H,22,24,25). The van der Waals surface area contributed by atoms with E-state index in [1.165, 1.54) is 37.2 Å². The number of aromatic nitrogens is 4. The normalized spacial score (nSPS) is 13.9. The zero-order valence-electron chi connectivity index (χ0n) is 19.3. The molecule has 174 valence electrons. The summed E-state index contributed by atoms with van der Waals surface area (Å²) in [7, 11) is 2.62. The fourth-order valence-electron chi connectivity index (χ4n) is 3.47. The number of carbonyl (C=O) groups excluding carboxylic acids is 1. The number of amides is 1. The van der Waals surface area contributed by atoms with Crippen LogP contribution in [0.4, 0.5) is 28.8 Å². The molecule has 3 heterocycles. The summed E-state index contributed by atoms with van der Waals surface area (Å²) in [5.41, 5.74) is 2.03. The van der Waals surface area contributed by atoms with Gasteiger partial charge in [-0.25, -0.2) is 17.7 Å². The van der Waals surface area contributed by atoms with Gasteiger partial charge < -0.3 is 15.1 Å². The molecule has 0 bridgehead atoms. The second-order valence-corrected chi connectivity index (χ2v) is 10.4. The van der Waals surface area contributed by atoms with E-state index in [0.29, 0.717) is 28.7 Å². The molecular formula is C21H26N8O3S. The Morgan fingerprint density at radius 3 is 2.42 bits per heavy atom. The summed E-state index contributed by atoms with van der Waals surface area (Å²) < 4.78 is 28.3. The summed E-state index contributed by atoms with van der Waals surface area (Å²) in [6, 6.07) is 4.67. The summed E-state index contributed by atoms with van der Waals surface area (Å²) in [6.07, 6.45) is 5.10. The maximum atomic E-state index is 13.1. The first-order valence-electron chi connectivity index (χ1n) is 10.3. The Hall–Kier alpha value is -3.51. The van der Waals surface area contributed by atoms with Gasteiger partial charge in [0, 0.05) is 40.4 Å². The van der Waals surface area contributed by atoms with Crippen molar-refractivity contribution in [3.05, 3.63) is 42.4 Å². The molecule has 4 rings (SSSR count). The van der Waals surface area contributed by atoms with E-state index in [-0.39, 0.29) is 16.8 Å². The minimum Gasteiger partial charge on any atom is -0.327 e. The maximum absolute atomic E-state index is 13.1. The smallest absolute Gasteiger partial charge is 0.260 e. The highest BCUT2D eigenvalue weighted by Gasteiger charge is 2.31. The molecule has 11 nitrogen and oxygen atoms in total. The molecule has 1 N–H and O–H groups in total. The van der Waals surface area contributed by atoms with Crippen LogP contribution in [0.5, 0.6) is 0 Å². The van der Waals surface area contributed by atoms with Crippen LogP contribution in [-0.4, -0.2) is 66.6 Å². The first-order chi connectivity index (χ1) is 15.5. The lowest BCUT2D eigenvalue weighted by atomic mass is 10.1. The number of benzene rings is 1. The van der Waals surface area contributed by atoms with Crippen molar-refractivity contribution in [2.24, 2.45) is 0 Å². The molecule has 0 fully saturated rings. The Morgan fingerprint density at radius 2 is 1.79 bits per heavy atom. The molecule has 0 aliphatic carbocycles. The molecular weight excluding hydrogens is 444 g/mol. The fraction of sp³-hybridized carbons (Fsp3) is 0.333. The largest absolute Gasteiger partial charge is 0.327 e. The summed E-state index contributed by atoms with van der Waals surface area (Å²) in [6.45, 7) is 4.05. The summed E-state index contributed by atoms with van der Waals surface area (Å²) in [5, 5.41) is 7.43. The highest BCUT2D eigenvalue weighted by Crippen LogP contribution is 2.39. The van der Waals surface area contributed by atoms with Crippen LogP contribution in [-0.2, 0) is 10.0 Å². The molecule has 1 aliphatic heterocycles. The Bertz CT molecular complexity index is 1330. The van der Waals surface area contributed by atoms with Gasteiger partial charge in [-0.05, 0) is 32.0 Å². The third kappa shape index (κ3) is 3.91. The number of anilines is 5. The van der Waals surface area contributed by atoms with Gasteiger partial charge >= 0.3 is 0 Å². The lowest BCUT2D eigenvalue weighted by molar-refractivity contribution is 0.0994. The van der Waals surface area contributed by atoms with E-state index in [0.717, 1.165) is 9.99 Å². The van der Waals surface area contributed by atoms with Crippen LogP contribution < -0.4 is 15.1 Å². The molecule has 1 aromatic carbocycles. The van der Waals surface area contributed by atoms with Crippen molar-refractivity contribution >= 4 is 44.8 Å². The summed E-state index contributed by atoms with van der Waals surface area (Å²) in [5.74, 6) is 0.495. The quantitative estimate of drug-likeness (QED) is 0.605. The topological polar surface area (TPSA) is 117 Å². The predicted octanol–water partition coefficient (Wildman–Crippen LogP) is 2.61. The highest BCUT2D eigenvalue weighted by molar-refractivity contribution is 7.89. The lowest BCUT2D eigenvalue weighted by Crippen LogP contribution is -2.26. The van der Waals surface area contributed by atoms with E-state index in [1.54, 1.807) is 31.4 Å². The van der Waals surface area contributed by atoms with Crippen molar-refractivity contribution in [2.75, 3.05) is 43.3 Å².